The molecule has 0 aliphatic carbocycles. The molecule has 0 fully saturated rings. The largest absolute Gasteiger partial charge is 0.490 e. The van der Waals surface area contributed by atoms with Crippen molar-refractivity contribution in [2.75, 3.05) is 0 Å². The highest BCUT2D eigenvalue weighted by atomic mass is 35.5. The third kappa shape index (κ3) is 5.52. The first-order valence-electron chi connectivity index (χ1n) is 11.7. The molecule has 1 heterocycles. The number of para-hydroxylation sites is 2. The highest BCUT2D eigenvalue weighted by Gasteiger charge is 2.16. The zero-order valence-corrected chi connectivity index (χ0v) is 21.1. The summed E-state index contributed by atoms with van der Waals surface area (Å²) in [6.45, 7) is 7.89. The number of aryl methyl sites for hydroxylation is 1. The van der Waals surface area contributed by atoms with Gasteiger partial charge in [-0.2, -0.15) is 5.10 Å². The van der Waals surface area contributed by atoms with Crippen LogP contribution in [0.2, 0.25) is 5.02 Å². The SMILES string of the molecule is CCc1ccc(-c2cc(C(=O)N/N=C(\C)c3ccccc3OC(C)C)c3cccc(Cl)c3n2)cc1. The van der Waals surface area contributed by atoms with Crippen LogP contribution in [0.25, 0.3) is 22.2 Å². The number of aromatic nitrogens is 1. The van der Waals surface area contributed by atoms with Gasteiger partial charge in [-0.1, -0.05) is 67.1 Å². The average molecular weight is 486 g/mol. The molecular formula is C29H28ClN3O2. The Morgan fingerprint density at radius 3 is 2.49 bits per heavy atom. The Morgan fingerprint density at radius 1 is 1.03 bits per heavy atom. The van der Waals surface area contributed by atoms with Gasteiger partial charge in [0.2, 0.25) is 0 Å². The second-order valence-electron chi connectivity index (χ2n) is 8.54. The number of halogens is 1. The van der Waals surface area contributed by atoms with E-state index in [2.05, 4.69) is 29.6 Å². The molecule has 0 saturated heterocycles. The van der Waals surface area contributed by atoms with Gasteiger partial charge in [0.1, 0.15) is 5.75 Å². The Bertz CT molecular complexity index is 1400. The van der Waals surface area contributed by atoms with Crippen molar-refractivity contribution in [2.45, 2.75) is 40.2 Å². The molecule has 1 amide bonds. The van der Waals surface area contributed by atoms with Gasteiger partial charge in [0, 0.05) is 16.5 Å². The lowest BCUT2D eigenvalue weighted by Gasteiger charge is -2.14. The van der Waals surface area contributed by atoms with E-state index in [1.807, 2.05) is 69.3 Å². The molecule has 0 atom stereocenters. The maximum Gasteiger partial charge on any atom is 0.272 e. The summed E-state index contributed by atoms with van der Waals surface area (Å²) < 4.78 is 5.89. The summed E-state index contributed by atoms with van der Waals surface area (Å²) in [4.78, 5) is 18.1. The number of fused-ring (bicyclic) bond motifs is 1. The van der Waals surface area contributed by atoms with E-state index in [0.717, 1.165) is 23.3 Å². The maximum atomic E-state index is 13.3. The average Bonchev–Trinajstić information content (AvgIpc) is 2.87. The normalized spacial score (nSPS) is 11.7. The van der Waals surface area contributed by atoms with Gasteiger partial charge in [-0.15, -0.1) is 0 Å². The van der Waals surface area contributed by atoms with Gasteiger partial charge in [0.25, 0.3) is 5.91 Å². The maximum absolute atomic E-state index is 13.3. The molecule has 3 aromatic carbocycles. The van der Waals surface area contributed by atoms with Crippen molar-refractivity contribution in [3.63, 3.8) is 0 Å². The number of amides is 1. The third-order valence-electron chi connectivity index (χ3n) is 5.66. The van der Waals surface area contributed by atoms with Gasteiger partial charge in [0.05, 0.1) is 33.6 Å². The molecule has 5 nitrogen and oxygen atoms in total. The Kier molecular flexibility index (Phi) is 7.47. The van der Waals surface area contributed by atoms with Crippen molar-refractivity contribution in [3.05, 3.63) is 94.5 Å². The van der Waals surface area contributed by atoms with Crippen molar-refractivity contribution in [1.82, 2.24) is 10.4 Å². The van der Waals surface area contributed by atoms with Crippen LogP contribution in [0.15, 0.2) is 77.9 Å². The van der Waals surface area contributed by atoms with Crippen LogP contribution in [-0.2, 0) is 6.42 Å². The molecule has 1 aromatic heterocycles. The van der Waals surface area contributed by atoms with E-state index >= 15 is 0 Å². The van der Waals surface area contributed by atoms with Crippen LogP contribution in [0, 0.1) is 0 Å². The highest BCUT2D eigenvalue weighted by Crippen LogP contribution is 2.29. The molecule has 0 bridgehead atoms. The molecule has 178 valence electrons. The summed E-state index contributed by atoms with van der Waals surface area (Å²) in [6.07, 6.45) is 0.976. The monoisotopic (exact) mass is 485 g/mol. The molecule has 4 rings (SSSR count). The minimum atomic E-state index is -0.340. The summed E-state index contributed by atoms with van der Waals surface area (Å²) in [7, 11) is 0. The summed E-state index contributed by atoms with van der Waals surface area (Å²) in [5.41, 5.74) is 8.02. The fraction of sp³-hybridized carbons (Fsp3) is 0.207. The topological polar surface area (TPSA) is 63.6 Å². The number of carbonyl (C=O) groups is 1. The van der Waals surface area contributed by atoms with Gasteiger partial charge < -0.3 is 4.74 Å². The van der Waals surface area contributed by atoms with Crippen molar-refractivity contribution in [3.8, 4) is 17.0 Å². The van der Waals surface area contributed by atoms with E-state index in [1.165, 1.54) is 5.56 Å². The zero-order chi connectivity index (χ0) is 24.9. The first kappa shape index (κ1) is 24.4. The molecule has 0 aliphatic heterocycles. The van der Waals surface area contributed by atoms with Crippen molar-refractivity contribution < 1.29 is 9.53 Å². The number of hydrogen-bond acceptors (Lipinski definition) is 4. The Balaban J connectivity index is 1.71. The summed E-state index contributed by atoms with van der Waals surface area (Å²) >= 11 is 6.47. The minimum absolute atomic E-state index is 0.0243. The summed E-state index contributed by atoms with van der Waals surface area (Å²) in [6, 6.07) is 23.0. The number of hydrogen-bond donors (Lipinski definition) is 1. The molecule has 0 radical (unpaired) electrons. The van der Waals surface area contributed by atoms with E-state index < -0.39 is 0 Å². The lowest BCUT2D eigenvalue weighted by molar-refractivity contribution is 0.0956. The summed E-state index contributed by atoms with van der Waals surface area (Å²) in [5.74, 6) is 0.379. The number of carbonyl (C=O) groups excluding carboxylic acids is 1. The van der Waals surface area contributed by atoms with Crippen LogP contribution >= 0.6 is 11.6 Å². The predicted molar refractivity (Wildman–Crippen MR) is 143 cm³/mol. The molecule has 35 heavy (non-hydrogen) atoms. The van der Waals surface area contributed by atoms with E-state index in [4.69, 9.17) is 21.3 Å². The number of benzene rings is 3. The van der Waals surface area contributed by atoms with Gasteiger partial charge in [-0.3, -0.25) is 4.79 Å². The van der Waals surface area contributed by atoms with E-state index in [-0.39, 0.29) is 12.0 Å². The van der Waals surface area contributed by atoms with Crippen LogP contribution in [0.4, 0.5) is 0 Å². The van der Waals surface area contributed by atoms with Crippen molar-refractivity contribution >= 4 is 34.1 Å². The van der Waals surface area contributed by atoms with Crippen molar-refractivity contribution in [1.29, 1.82) is 0 Å². The lowest BCUT2D eigenvalue weighted by atomic mass is 10.0. The molecule has 0 unspecified atom stereocenters. The zero-order valence-electron chi connectivity index (χ0n) is 20.3. The number of nitrogens with one attached hydrogen (secondary N) is 1. The van der Waals surface area contributed by atoms with E-state index in [9.17, 15) is 4.79 Å². The third-order valence-corrected chi connectivity index (χ3v) is 5.96. The summed E-state index contributed by atoms with van der Waals surface area (Å²) in [5, 5.41) is 5.53. The molecule has 4 aromatic rings. The van der Waals surface area contributed by atoms with E-state index in [1.54, 1.807) is 12.1 Å². The quantitative estimate of drug-likeness (QED) is 0.225. The van der Waals surface area contributed by atoms with Crippen LogP contribution in [0.3, 0.4) is 0 Å². The minimum Gasteiger partial charge on any atom is -0.490 e. The number of pyridine rings is 1. The van der Waals surface area contributed by atoms with Crippen LogP contribution < -0.4 is 10.2 Å². The Labute approximate surface area is 210 Å². The smallest absolute Gasteiger partial charge is 0.272 e. The van der Waals surface area contributed by atoms with E-state index in [0.29, 0.717) is 32.9 Å². The standard InChI is InChI=1S/C29H28ClN3O2/c1-5-20-13-15-21(16-14-20)26-17-24(23-10-8-11-25(30)28(23)31-26)29(34)33-32-19(4)22-9-6-7-12-27(22)35-18(2)3/h6-18H,5H2,1-4H3,(H,33,34)/b32-19+. The van der Waals surface area contributed by atoms with Crippen molar-refractivity contribution in [2.24, 2.45) is 5.10 Å². The fourth-order valence-corrected chi connectivity index (χ4v) is 4.05. The number of ether oxygens (including phenoxy) is 1. The van der Waals surface area contributed by atoms with Gasteiger partial charge in [-0.25, -0.2) is 10.4 Å². The number of rotatable bonds is 7. The number of hydrazone groups is 1. The van der Waals surface area contributed by atoms with Gasteiger partial charge in [0.15, 0.2) is 0 Å². The second-order valence-corrected chi connectivity index (χ2v) is 8.95. The fourth-order valence-electron chi connectivity index (χ4n) is 3.84. The van der Waals surface area contributed by atoms with Crippen LogP contribution in [0.1, 0.15) is 49.2 Å². The van der Waals surface area contributed by atoms with Crippen LogP contribution in [0.5, 0.6) is 5.75 Å². The Morgan fingerprint density at radius 2 is 1.77 bits per heavy atom. The first-order chi connectivity index (χ1) is 16.9. The lowest BCUT2D eigenvalue weighted by Crippen LogP contribution is -2.20. The van der Waals surface area contributed by atoms with Crippen LogP contribution in [-0.4, -0.2) is 22.7 Å². The van der Waals surface area contributed by atoms with Gasteiger partial charge >= 0.3 is 0 Å². The van der Waals surface area contributed by atoms with Gasteiger partial charge in [-0.05, 0) is 57.0 Å². The first-order valence-corrected chi connectivity index (χ1v) is 12.0. The second kappa shape index (κ2) is 10.7. The molecule has 1 N–H and O–H groups in total. The Hall–Kier alpha value is -3.70. The number of nitrogens with zero attached hydrogens (tertiary/aromatic N) is 2. The molecule has 0 saturated carbocycles. The molecular weight excluding hydrogens is 458 g/mol. The molecule has 0 spiro atoms. The highest BCUT2D eigenvalue weighted by molar-refractivity contribution is 6.35. The molecule has 0 aliphatic rings. The molecule has 6 heteroatoms. The predicted octanol–water partition coefficient (Wildman–Crippen LogP) is 7.06.